The Morgan fingerprint density at radius 3 is 2.47 bits per heavy atom. The van der Waals surface area contributed by atoms with Crippen LogP contribution in [-0.2, 0) is 9.53 Å². The number of ether oxygens (including phenoxy) is 1. The molecule has 0 fully saturated rings. The first-order valence-corrected chi connectivity index (χ1v) is 6.30. The third kappa shape index (κ3) is 6.75. The maximum absolute atomic E-state index is 12.5. The highest BCUT2D eigenvalue weighted by Gasteiger charge is 2.39. The minimum atomic E-state index is -3.94. The number of carbonyl (C=O) groups is 1. The van der Waals surface area contributed by atoms with Gasteiger partial charge in [0.25, 0.3) is 0 Å². The highest BCUT2D eigenvalue weighted by molar-refractivity contribution is 8.00. The van der Waals surface area contributed by atoms with Crippen molar-refractivity contribution in [3.63, 3.8) is 0 Å². The van der Waals surface area contributed by atoms with Crippen LogP contribution in [0, 0.1) is 0 Å². The molecule has 0 rings (SSSR count). The van der Waals surface area contributed by atoms with Gasteiger partial charge >= 0.3 is 18.3 Å². The second-order valence-electron chi connectivity index (χ2n) is 3.43. The molecule has 1 atom stereocenters. The zero-order valence-corrected chi connectivity index (χ0v) is 10.5. The van der Waals surface area contributed by atoms with Crippen molar-refractivity contribution in [1.29, 1.82) is 0 Å². The van der Waals surface area contributed by atoms with Gasteiger partial charge in [0.05, 0.1) is 11.9 Å². The third-order valence-corrected chi connectivity index (χ3v) is 3.18. The highest BCUT2D eigenvalue weighted by atomic mass is 32.2. The lowest BCUT2D eigenvalue weighted by Crippen LogP contribution is -2.26. The summed E-state index contributed by atoms with van der Waals surface area (Å²) in [5.41, 5.74) is 0. The van der Waals surface area contributed by atoms with Gasteiger partial charge in [0, 0.05) is 6.42 Å². The molecule has 7 heteroatoms. The number of hydrogen-bond acceptors (Lipinski definition) is 3. The molecule has 0 heterocycles. The van der Waals surface area contributed by atoms with Crippen LogP contribution in [0.1, 0.15) is 26.7 Å². The lowest BCUT2D eigenvalue weighted by Gasteiger charge is -2.15. The normalized spacial score (nSPS) is 13.8. The molecule has 102 valence electrons. The van der Waals surface area contributed by atoms with Gasteiger partial charge in [-0.3, -0.25) is 4.79 Å². The van der Waals surface area contributed by atoms with Gasteiger partial charge in [0.2, 0.25) is 0 Å². The Bertz CT molecular complexity index is 236. The topological polar surface area (TPSA) is 26.3 Å². The Morgan fingerprint density at radius 1 is 1.41 bits per heavy atom. The van der Waals surface area contributed by atoms with Gasteiger partial charge in [-0.05, 0) is 26.0 Å². The first-order chi connectivity index (χ1) is 7.81. The molecule has 0 aromatic carbocycles. The van der Waals surface area contributed by atoms with E-state index in [1.54, 1.807) is 13.8 Å². The van der Waals surface area contributed by atoms with Gasteiger partial charge in [-0.15, -0.1) is 11.8 Å². The van der Waals surface area contributed by atoms with Crippen molar-refractivity contribution in [1.82, 2.24) is 0 Å². The first-order valence-electron chi connectivity index (χ1n) is 5.25. The van der Waals surface area contributed by atoms with Crippen molar-refractivity contribution >= 4 is 17.7 Å². The lowest BCUT2D eigenvalue weighted by atomic mass is 10.2. The van der Waals surface area contributed by atoms with Crippen molar-refractivity contribution < 1.29 is 27.1 Å². The summed E-state index contributed by atoms with van der Waals surface area (Å²) in [6.07, 6.45) is -4.56. The van der Waals surface area contributed by atoms with Gasteiger partial charge in [-0.2, -0.15) is 0 Å². The third-order valence-electron chi connectivity index (χ3n) is 1.96. The Kier molecular flexibility index (Phi) is 7.58. The molecule has 0 saturated carbocycles. The van der Waals surface area contributed by atoms with E-state index in [1.165, 1.54) is 0 Å². The summed E-state index contributed by atoms with van der Waals surface area (Å²) >= 11 is 1.12. The fraction of sp³-hybridized carbons (Fsp3) is 0.900. The Morgan fingerprint density at radius 2 is 2.00 bits per heavy atom. The predicted octanol–water partition coefficient (Wildman–Crippen LogP) is 3.35. The van der Waals surface area contributed by atoms with E-state index in [2.05, 4.69) is 0 Å². The van der Waals surface area contributed by atoms with Gasteiger partial charge in [-0.25, -0.2) is 17.6 Å². The molecule has 17 heavy (non-hydrogen) atoms. The molecule has 0 spiro atoms. The number of carbonyl (C=O) groups excluding carboxylic acids is 1. The van der Waals surface area contributed by atoms with Crippen LogP contribution in [0.3, 0.4) is 0 Å². The van der Waals surface area contributed by atoms with Crippen LogP contribution in [0.15, 0.2) is 0 Å². The van der Waals surface area contributed by atoms with E-state index >= 15 is 0 Å². The van der Waals surface area contributed by atoms with Crippen LogP contribution in [0.5, 0.6) is 0 Å². The van der Waals surface area contributed by atoms with E-state index in [0.717, 1.165) is 11.8 Å². The second-order valence-corrected chi connectivity index (χ2v) is 4.88. The molecule has 0 saturated heterocycles. The van der Waals surface area contributed by atoms with E-state index in [9.17, 15) is 22.4 Å². The van der Waals surface area contributed by atoms with Gasteiger partial charge < -0.3 is 4.74 Å². The molecule has 0 aliphatic heterocycles. The molecular formula is C10H16F4O2S. The number of thioether (sulfide) groups is 1. The Hall–Kier alpha value is -0.460. The zero-order valence-electron chi connectivity index (χ0n) is 9.72. The smallest absolute Gasteiger partial charge is 0.318 e. The monoisotopic (exact) mass is 276 g/mol. The largest absolute Gasteiger partial charge is 0.465 e. The number of halogens is 4. The van der Waals surface area contributed by atoms with Crippen molar-refractivity contribution in [3.8, 4) is 0 Å². The van der Waals surface area contributed by atoms with E-state index in [-0.39, 0.29) is 18.8 Å². The SMILES string of the molecule is CCOC(=O)C(C)SCCCC(F)(F)C(F)F. The van der Waals surface area contributed by atoms with E-state index in [0.29, 0.717) is 0 Å². The van der Waals surface area contributed by atoms with Gasteiger partial charge in [0.1, 0.15) is 0 Å². The average molecular weight is 276 g/mol. The maximum Gasteiger partial charge on any atom is 0.318 e. The van der Waals surface area contributed by atoms with E-state index in [1.807, 2.05) is 0 Å². The Labute approximate surface area is 102 Å². The minimum absolute atomic E-state index is 0.0637. The fourth-order valence-electron chi connectivity index (χ4n) is 1.00. The lowest BCUT2D eigenvalue weighted by molar-refractivity contribution is -0.142. The van der Waals surface area contributed by atoms with Crippen LogP contribution < -0.4 is 0 Å². The van der Waals surface area contributed by atoms with Crippen LogP contribution in [0.4, 0.5) is 17.6 Å². The average Bonchev–Trinajstić information content (AvgIpc) is 2.24. The van der Waals surface area contributed by atoms with Crippen LogP contribution in [0.25, 0.3) is 0 Å². The van der Waals surface area contributed by atoms with Crippen molar-refractivity contribution in [2.24, 2.45) is 0 Å². The molecule has 0 aliphatic carbocycles. The summed E-state index contributed by atoms with van der Waals surface area (Å²) in [6.45, 7) is 3.51. The summed E-state index contributed by atoms with van der Waals surface area (Å²) in [5, 5.41) is -0.463. The predicted molar refractivity (Wildman–Crippen MR) is 58.7 cm³/mol. The summed E-state index contributed by atoms with van der Waals surface area (Å²) in [5.74, 6) is -4.13. The molecule has 1 unspecified atom stereocenters. The maximum atomic E-state index is 12.5. The number of hydrogen-bond donors (Lipinski definition) is 0. The summed E-state index contributed by atoms with van der Waals surface area (Å²) in [6, 6.07) is 0. The molecule has 0 bridgehead atoms. The van der Waals surface area contributed by atoms with Crippen molar-refractivity contribution in [3.05, 3.63) is 0 Å². The highest BCUT2D eigenvalue weighted by Crippen LogP contribution is 2.29. The molecule has 0 aromatic heterocycles. The van der Waals surface area contributed by atoms with E-state index in [4.69, 9.17) is 4.74 Å². The molecule has 0 radical (unpaired) electrons. The zero-order chi connectivity index (χ0) is 13.5. The fourth-order valence-corrected chi connectivity index (χ4v) is 1.87. The molecular weight excluding hydrogens is 260 g/mol. The van der Waals surface area contributed by atoms with Crippen molar-refractivity contribution in [2.45, 2.75) is 44.3 Å². The Balaban J connectivity index is 3.75. The summed E-state index contributed by atoms with van der Waals surface area (Å²) < 4.78 is 53.3. The first kappa shape index (κ1) is 16.5. The molecule has 0 aromatic rings. The van der Waals surface area contributed by atoms with Crippen LogP contribution in [-0.4, -0.2) is 35.9 Å². The summed E-state index contributed by atoms with van der Waals surface area (Å²) in [4.78, 5) is 11.1. The molecule has 0 N–H and O–H groups in total. The second kappa shape index (κ2) is 7.79. The standard InChI is InChI=1S/C10H16F4O2S/c1-3-16-8(15)7(2)17-6-4-5-10(13,14)9(11)12/h7,9H,3-6H2,1-2H3. The number of alkyl halides is 4. The number of rotatable bonds is 8. The van der Waals surface area contributed by atoms with Gasteiger partial charge in [0.15, 0.2) is 0 Å². The van der Waals surface area contributed by atoms with Crippen molar-refractivity contribution in [2.75, 3.05) is 12.4 Å². The van der Waals surface area contributed by atoms with Crippen LogP contribution in [0.2, 0.25) is 0 Å². The molecule has 2 nitrogen and oxygen atoms in total. The minimum Gasteiger partial charge on any atom is -0.465 e. The summed E-state index contributed by atoms with van der Waals surface area (Å²) in [7, 11) is 0. The molecule has 0 aliphatic rings. The van der Waals surface area contributed by atoms with Crippen LogP contribution >= 0.6 is 11.8 Å². The van der Waals surface area contributed by atoms with Gasteiger partial charge in [-0.1, -0.05) is 0 Å². The molecule has 0 amide bonds. The number of esters is 1. The quantitative estimate of drug-likeness (QED) is 0.386. The van der Waals surface area contributed by atoms with E-state index < -0.39 is 30.0 Å².